The number of nitrogens with zero attached hydrogens (tertiary/aromatic N) is 3. The van der Waals surface area contributed by atoms with Crippen LogP contribution in [-0.4, -0.2) is 87.1 Å². The van der Waals surface area contributed by atoms with Crippen molar-refractivity contribution in [3.8, 4) is 11.5 Å². The Morgan fingerprint density at radius 3 is 2.35 bits per heavy atom. The molecule has 1 N–H and O–H groups in total. The van der Waals surface area contributed by atoms with Gasteiger partial charge in [0.25, 0.3) is 5.91 Å². The number of amides is 3. The Bertz CT molecular complexity index is 987. The molecular formula is C20H28N4O6S. The molecular weight excluding hydrogens is 424 g/mol. The predicted octanol–water partition coefficient (Wildman–Crippen LogP) is 0.688. The minimum absolute atomic E-state index is 0.0529. The van der Waals surface area contributed by atoms with E-state index in [-0.39, 0.29) is 48.3 Å². The number of piperazine rings is 1. The third-order valence-electron chi connectivity index (χ3n) is 6.36. The van der Waals surface area contributed by atoms with Gasteiger partial charge in [0.05, 0.1) is 20.9 Å². The van der Waals surface area contributed by atoms with Crippen molar-refractivity contribution in [1.82, 2.24) is 19.4 Å². The Morgan fingerprint density at radius 1 is 1.10 bits per heavy atom. The number of hydrogen-bond acceptors (Lipinski definition) is 7. The fourth-order valence-corrected chi connectivity index (χ4v) is 5.81. The molecule has 1 aromatic carbocycles. The Kier molecular flexibility index (Phi) is 5.61. The van der Waals surface area contributed by atoms with E-state index in [0.29, 0.717) is 18.8 Å². The molecule has 4 rings (SSSR count). The van der Waals surface area contributed by atoms with Crippen LogP contribution >= 0.6 is 0 Å². The Labute approximate surface area is 182 Å². The van der Waals surface area contributed by atoms with Crippen LogP contribution in [0.15, 0.2) is 23.1 Å². The van der Waals surface area contributed by atoms with Crippen molar-refractivity contribution in [1.29, 1.82) is 0 Å². The number of benzene rings is 1. The van der Waals surface area contributed by atoms with Crippen LogP contribution in [0.25, 0.3) is 0 Å². The Balaban J connectivity index is 1.42. The largest absolute Gasteiger partial charge is 0.497 e. The molecule has 1 aliphatic carbocycles. The van der Waals surface area contributed by atoms with E-state index in [1.807, 2.05) is 4.90 Å². The standard InChI is InChI=1S/C20H28N4O6S/c1-20(14-4-5-14)18(25)24(19(26)21-20)13-22-8-10-23(11-9-22)31(27,28)17-12-15(29-2)6-7-16(17)30-3/h6-7,12,14H,4-5,8-11,13H2,1-3H3,(H,21,26)/t20-/m1/s1. The molecule has 11 heteroatoms. The van der Waals surface area contributed by atoms with Gasteiger partial charge >= 0.3 is 6.03 Å². The molecule has 0 radical (unpaired) electrons. The summed E-state index contributed by atoms with van der Waals surface area (Å²) in [6, 6.07) is 4.28. The quantitative estimate of drug-likeness (QED) is 0.606. The van der Waals surface area contributed by atoms with E-state index in [0.717, 1.165) is 12.8 Å². The van der Waals surface area contributed by atoms with Crippen molar-refractivity contribution in [3.05, 3.63) is 18.2 Å². The summed E-state index contributed by atoms with van der Waals surface area (Å²) in [5.74, 6) is 0.683. The lowest BCUT2D eigenvalue weighted by atomic mass is 9.96. The van der Waals surface area contributed by atoms with E-state index in [4.69, 9.17) is 9.47 Å². The summed E-state index contributed by atoms with van der Waals surface area (Å²) in [6.45, 7) is 3.24. The summed E-state index contributed by atoms with van der Waals surface area (Å²) in [4.78, 5) is 28.4. The average Bonchev–Trinajstić information content (AvgIpc) is 3.59. The topological polar surface area (TPSA) is 108 Å². The number of carbonyl (C=O) groups is 2. The second-order valence-electron chi connectivity index (χ2n) is 8.32. The van der Waals surface area contributed by atoms with Crippen LogP contribution in [0.1, 0.15) is 19.8 Å². The fraction of sp³-hybridized carbons (Fsp3) is 0.600. The first-order valence-electron chi connectivity index (χ1n) is 10.3. The van der Waals surface area contributed by atoms with Crippen molar-refractivity contribution in [2.24, 2.45) is 5.92 Å². The third kappa shape index (κ3) is 3.85. The van der Waals surface area contributed by atoms with Gasteiger partial charge in [-0.3, -0.25) is 9.69 Å². The van der Waals surface area contributed by atoms with Gasteiger partial charge in [-0.2, -0.15) is 4.31 Å². The first kappa shape index (κ1) is 21.8. The van der Waals surface area contributed by atoms with Crippen LogP contribution in [0.2, 0.25) is 0 Å². The van der Waals surface area contributed by atoms with E-state index in [2.05, 4.69) is 5.32 Å². The minimum atomic E-state index is -3.79. The first-order valence-corrected chi connectivity index (χ1v) is 11.7. The molecule has 10 nitrogen and oxygen atoms in total. The molecule has 3 amide bonds. The number of sulfonamides is 1. The van der Waals surface area contributed by atoms with E-state index < -0.39 is 15.6 Å². The van der Waals surface area contributed by atoms with Gasteiger partial charge in [0, 0.05) is 32.2 Å². The van der Waals surface area contributed by atoms with Crippen molar-refractivity contribution in [2.45, 2.75) is 30.2 Å². The molecule has 3 fully saturated rings. The molecule has 2 saturated heterocycles. The average molecular weight is 453 g/mol. The number of hydrogen-bond donors (Lipinski definition) is 1. The highest BCUT2D eigenvalue weighted by atomic mass is 32.2. The summed E-state index contributed by atoms with van der Waals surface area (Å²) in [5.41, 5.74) is -0.814. The molecule has 0 aromatic heterocycles. The highest BCUT2D eigenvalue weighted by Gasteiger charge is 2.56. The summed E-state index contributed by atoms with van der Waals surface area (Å²) in [5, 5.41) is 2.84. The molecule has 0 unspecified atom stereocenters. The van der Waals surface area contributed by atoms with Gasteiger partial charge in [-0.1, -0.05) is 0 Å². The van der Waals surface area contributed by atoms with E-state index in [1.54, 1.807) is 19.1 Å². The molecule has 2 aliphatic heterocycles. The van der Waals surface area contributed by atoms with Crippen LogP contribution < -0.4 is 14.8 Å². The van der Waals surface area contributed by atoms with E-state index >= 15 is 0 Å². The number of carbonyl (C=O) groups excluding carboxylic acids is 2. The second kappa shape index (κ2) is 7.95. The van der Waals surface area contributed by atoms with Crippen LogP contribution in [0.4, 0.5) is 4.79 Å². The van der Waals surface area contributed by atoms with E-state index in [1.165, 1.54) is 29.5 Å². The van der Waals surface area contributed by atoms with Crippen molar-refractivity contribution >= 4 is 22.0 Å². The van der Waals surface area contributed by atoms with Gasteiger partial charge in [0.15, 0.2) is 0 Å². The summed E-state index contributed by atoms with van der Waals surface area (Å²) in [7, 11) is -0.893. The minimum Gasteiger partial charge on any atom is -0.497 e. The highest BCUT2D eigenvalue weighted by molar-refractivity contribution is 7.89. The smallest absolute Gasteiger partial charge is 0.326 e. The molecule has 2 heterocycles. The van der Waals surface area contributed by atoms with Crippen LogP contribution in [0.5, 0.6) is 11.5 Å². The maximum Gasteiger partial charge on any atom is 0.326 e. The second-order valence-corrected chi connectivity index (χ2v) is 10.2. The van der Waals surface area contributed by atoms with Gasteiger partial charge in [0.1, 0.15) is 21.9 Å². The fourth-order valence-electron chi connectivity index (χ4n) is 4.22. The lowest BCUT2D eigenvalue weighted by molar-refractivity contribution is -0.133. The van der Waals surface area contributed by atoms with Gasteiger partial charge in [0.2, 0.25) is 10.0 Å². The van der Waals surface area contributed by atoms with E-state index in [9.17, 15) is 18.0 Å². The Hall–Kier alpha value is -2.37. The predicted molar refractivity (Wildman–Crippen MR) is 111 cm³/mol. The molecule has 1 aromatic rings. The molecule has 0 bridgehead atoms. The number of ether oxygens (including phenoxy) is 2. The normalized spacial score (nSPS) is 25.6. The third-order valence-corrected chi connectivity index (χ3v) is 8.28. The highest BCUT2D eigenvalue weighted by Crippen LogP contribution is 2.42. The van der Waals surface area contributed by atoms with Crippen molar-refractivity contribution in [2.75, 3.05) is 47.1 Å². The van der Waals surface area contributed by atoms with Gasteiger partial charge in [-0.25, -0.2) is 18.1 Å². The van der Waals surface area contributed by atoms with Crippen molar-refractivity contribution in [3.63, 3.8) is 0 Å². The zero-order valence-corrected chi connectivity index (χ0v) is 18.8. The summed E-state index contributed by atoms with van der Waals surface area (Å²) in [6.07, 6.45) is 1.89. The maximum absolute atomic E-state index is 13.2. The molecule has 1 atom stereocenters. The SMILES string of the molecule is COc1ccc(OC)c(S(=O)(=O)N2CCN(CN3C(=O)N[C@](C)(C4CC4)C3=O)CC2)c1. The number of imide groups is 1. The lowest BCUT2D eigenvalue weighted by Crippen LogP contribution is -2.53. The Morgan fingerprint density at radius 2 is 1.77 bits per heavy atom. The number of urea groups is 1. The van der Waals surface area contributed by atoms with Gasteiger partial charge in [-0.15, -0.1) is 0 Å². The molecule has 31 heavy (non-hydrogen) atoms. The van der Waals surface area contributed by atoms with Crippen molar-refractivity contribution < 1.29 is 27.5 Å². The monoisotopic (exact) mass is 452 g/mol. The molecule has 3 aliphatic rings. The molecule has 170 valence electrons. The lowest BCUT2D eigenvalue weighted by Gasteiger charge is -2.35. The summed E-state index contributed by atoms with van der Waals surface area (Å²) >= 11 is 0. The molecule has 0 spiro atoms. The maximum atomic E-state index is 13.2. The van der Waals surface area contributed by atoms with Crippen LogP contribution in [0, 0.1) is 5.92 Å². The number of rotatable bonds is 7. The van der Waals surface area contributed by atoms with Crippen LogP contribution in [0.3, 0.4) is 0 Å². The number of methoxy groups -OCH3 is 2. The molecule has 1 saturated carbocycles. The first-order chi connectivity index (χ1) is 14.7. The van der Waals surface area contributed by atoms with Crippen LogP contribution in [-0.2, 0) is 14.8 Å². The zero-order chi connectivity index (χ0) is 22.4. The van der Waals surface area contributed by atoms with Gasteiger partial charge < -0.3 is 14.8 Å². The summed E-state index contributed by atoms with van der Waals surface area (Å²) < 4.78 is 38.2. The number of nitrogens with one attached hydrogen (secondary N) is 1. The zero-order valence-electron chi connectivity index (χ0n) is 18.0. The van der Waals surface area contributed by atoms with Gasteiger partial charge in [-0.05, 0) is 37.8 Å².